The molecule has 0 atom stereocenters. The van der Waals surface area contributed by atoms with Gasteiger partial charge < -0.3 is 10.3 Å². The first-order valence-electron chi connectivity index (χ1n) is 6.89. The fraction of sp³-hybridized carbons (Fsp3) is 0.333. The van der Waals surface area contributed by atoms with Crippen molar-refractivity contribution in [3.05, 3.63) is 30.2 Å². The van der Waals surface area contributed by atoms with Gasteiger partial charge in [0.05, 0.1) is 17.2 Å². The molecule has 3 aromatic rings. The molecule has 0 amide bonds. The Labute approximate surface area is 117 Å². The normalized spacial score (nSPS) is 15.1. The standard InChI is InChI=1S/C15H17N5/c1-19-13-6-5-10(11-8-17-20(2)14(11)16)7-12(13)18-15(19)9-3-4-9/h5-9H,3-4,16H2,1-2H3. The van der Waals surface area contributed by atoms with E-state index in [4.69, 9.17) is 10.7 Å². The van der Waals surface area contributed by atoms with Crippen molar-refractivity contribution < 1.29 is 0 Å². The summed E-state index contributed by atoms with van der Waals surface area (Å²) in [5.74, 6) is 2.54. The maximum absolute atomic E-state index is 6.05. The average molecular weight is 267 g/mol. The Bertz CT molecular complexity index is 807. The predicted octanol–water partition coefficient (Wildman–Crippen LogP) is 2.43. The summed E-state index contributed by atoms with van der Waals surface area (Å²) in [5, 5.41) is 4.20. The number of hydrogen-bond acceptors (Lipinski definition) is 3. The van der Waals surface area contributed by atoms with Crippen molar-refractivity contribution in [3.63, 3.8) is 0 Å². The third-order valence-electron chi connectivity index (χ3n) is 4.15. The second kappa shape index (κ2) is 3.85. The first kappa shape index (κ1) is 11.5. The molecule has 5 heteroatoms. The van der Waals surface area contributed by atoms with Crippen molar-refractivity contribution in [2.45, 2.75) is 18.8 Å². The lowest BCUT2D eigenvalue weighted by atomic mass is 10.1. The minimum absolute atomic E-state index is 0.652. The molecule has 20 heavy (non-hydrogen) atoms. The molecule has 1 aliphatic carbocycles. The molecule has 0 unspecified atom stereocenters. The molecule has 0 aliphatic heterocycles. The number of nitrogens with two attached hydrogens (primary N) is 1. The maximum atomic E-state index is 6.05. The van der Waals surface area contributed by atoms with Crippen LogP contribution in [0.25, 0.3) is 22.2 Å². The molecule has 2 aromatic heterocycles. The molecule has 102 valence electrons. The Morgan fingerprint density at radius 2 is 2.05 bits per heavy atom. The van der Waals surface area contributed by atoms with E-state index in [-0.39, 0.29) is 0 Å². The van der Waals surface area contributed by atoms with Crippen LogP contribution in [-0.2, 0) is 14.1 Å². The Morgan fingerprint density at radius 3 is 2.70 bits per heavy atom. The van der Waals surface area contributed by atoms with Crippen molar-refractivity contribution in [2.24, 2.45) is 14.1 Å². The molecular weight excluding hydrogens is 250 g/mol. The van der Waals surface area contributed by atoms with Crippen molar-refractivity contribution in [3.8, 4) is 11.1 Å². The van der Waals surface area contributed by atoms with Gasteiger partial charge in [0.25, 0.3) is 0 Å². The largest absolute Gasteiger partial charge is 0.383 e. The van der Waals surface area contributed by atoms with E-state index in [1.807, 2.05) is 7.05 Å². The van der Waals surface area contributed by atoms with Crippen LogP contribution < -0.4 is 5.73 Å². The minimum atomic E-state index is 0.652. The number of imidazole rings is 1. The summed E-state index contributed by atoms with van der Waals surface area (Å²) in [6.07, 6.45) is 4.33. The molecule has 0 radical (unpaired) electrons. The van der Waals surface area contributed by atoms with Gasteiger partial charge in [-0.15, -0.1) is 0 Å². The molecule has 4 rings (SSSR count). The predicted molar refractivity (Wildman–Crippen MR) is 79.3 cm³/mol. The van der Waals surface area contributed by atoms with Crippen LogP contribution in [0.2, 0.25) is 0 Å². The monoisotopic (exact) mass is 267 g/mol. The van der Waals surface area contributed by atoms with Gasteiger partial charge in [0.1, 0.15) is 11.6 Å². The number of fused-ring (bicyclic) bond motifs is 1. The van der Waals surface area contributed by atoms with E-state index in [1.54, 1.807) is 10.9 Å². The van der Waals surface area contributed by atoms with Gasteiger partial charge in [0.15, 0.2) is 0 Å². The van der Waals surface area contributed by atoms with Crippen molar-refractivity contribution in [1.82, 2.24) is 19.3 Å². The number of aromatic nitrogens is 4. The van der Waals surface area contributed by atoms with E-state index in [9.17, 15) is 0 Å². The summed E-state index contributed by atoms with van der Waals surface area (Å²) in [5.41, 5.74) is 10.3. The Kier molecular flexibility index (Phi) is 2.22. The smallest absolute Gasteiger partial charge is 0.129 e. The zero-order valence-electron chi connectivity index (χ0n) is 11.7. The first-order valence-corrected chi connectivity index (χ1v) is 6.89. The van der Waals surface area contributed by atoms with Gasteiger partial charge in [-0.1, -0.05) is 6.07 Å². The van der Waals surface area contributed by atoms with Gasteiger partial charge in [-0.25, -0.2) is 4.98 Å². The number of anilines is 1. The molecule has 2 heterocycles. The number of nitrogens with zero attached hydrogens (tertiary/aromatic N) is 4. The summed E-state index contributed by atoms with van der Waals surface area (Å²) in [6, 6.07) is 6.32. The summed E-state index contributed by atoms with van der Waals surface area (Å²) in [6.45, 7) is 0. The zero-order chi connectivity index (χ0) is 13.9. The topological polar surface area (TPSA) is 61.7 Å². The van der Waals surface area contributed by atoms with Gasteiger partial charge in [0, 0.05) is 25.6 Å². The lowest BCUT2D eigenvalue weighted by Gasteiger charge is -2.02. The van der Waals surface area contributed by atoms with Crippen LogP contribution in [0, 0.1) is 0 Å². The highest BCUT2D eigenvalue weighted by Gasteiger charge is 2.28. The Balaban J connectivity index is 1.88. The van der Waals surface area contributed by atoms with E-state index < -0.39 is 0 Å². The highest BCUT2D eigenvalue weighted by Crippen LogP contribution is 2.40. The van der Waals surface area contributed by atoms with E-state index in [0.717, 1.165) is 16.6 Å². The highest BCUT2D eigenvalue weighted by atomic mass is 15.3. The summed E-state index contributed by atoms with van der Waals surface area (Å²) in [4.78, 5) is 4.79. The summed E-state index contributed by atoms with van der Waals surface area (Å²) < 4.78 is 3.90. The highest BCUT2D eigenvalue weighted by molar-refractivity contribution is 5.85. The van der Waals surface area contributed by atoms with Crippen molar-refractivity contribution >= 4 is 16.9 Å². The van der Waals surface area contributed by atoms with Gasteiger partial charge in [0.2, 0.25) is 0 Å². The number of rotatable bonds is 2. The Morgan fingerprint density at radius 1 is 1.25 bits per heavy atom. The molecule has 0 bridgehead atoms. The second-order valence-electron chi connectivity index (χ2n) is 5.57. The number of aryl methyl sites for hydroxylation is 2. The van der Waals surface area contributed by atoms with Crippen molar-refractivity contribution in [1.29, 1.82) is 0 Å². The van der Waals surface area contributed by atoms with E-state index in [0.29, 0.717) is 11.7 Å². The molecule has 1 aromatic carbocycles. The van der Waals surface area contributed by atoms with E-state index in [1.165, 1.54) is 24.2 Å². The summed E-state index contributed by atoms with van der Waals surface area (Å²) in [7, 11) is 3.95. The van der Waals surface area contributed by atoms with Crippen LogP contribution in [0.3, 0.4) is 0 Å². The van der Waals surface area contributed by atoms with Gasteiger partial charge in [-0.2, -0.15) is 5.10 Å². The molecule has 1 aliphatic rings. The van der Waals surface area contributed by atoms with Gasteiger partial charge in [-0.05, 0) is 30.5 Å². The molecule has 2 N–H and O–H groups in total. The SMILES string of the molecule is Cn1ncc(-c2ccc3c(c2)nc(C2CC2)n3C)c1N. The first-order chi connectivity index (χ1) is 9.65. The maximum Gasteiger partial charge on any atom is 0.129 e. The van der Waals surface area contributed by atoms with E-state index in [2.05, 4.69) is 34.9 Å². The van der Waals surface area contributed by atoms with Crippen LogP contribution in [0.15, 0.2) is 24.4 Å². The lowest BCUT2D eigenvalue weighted by molar-refractivity contribution is 0.779. The second-order valence-corrected chi connectivity index (χ2v) is 5.57. The number of hydrogen-bond donors (Lipinski definition) is 1. The fourth-order valence-corrected chi connectivity index (χ4v) is 2.76. The molecule has 1 fully saturated rings. The third-order valence-corrected chi connectivity index (χ3v) is 4.15. The van der Waals surface area contributed by atoms with Crippen molar-refractivity contribution in [2.75, 3.05) is 5.73 Å². The third kappa shape index (κ3) is 1.56. The number of nitrogen functional groups attached to an aromatic ring is 1. The minimum Gasteiger partial charge on any atom is -0.383 e. The molecule has 0 spiro atoms. The number of benzene rings is 1. The quantitative estimate of drug-likeness (QED) is 0.775. The van der Waals surface area contributed by atoms with Gasteiger partial charge in [-0.3, -0.25) is 4.68 Å². The van der Waals surface area contributed by atoms with Gasteiger partial charge >= 0.3 is 0 Å². The van der Waals surface area contributed by atoms with Crippen LogP contribution >= 0.6 is 0 Å². The molecule has 1 saturated carbocycles. The fourth-order valence-electron chi connectivity index (χ4n) is 2.76. The molecule has 0 saturated heterocycles. The van der Waals surface area contributed by atoms with E-state index >= 15 is 0 Å². The molecular formula is C15H17N5. The zero-order valence-corrected chi connectivity index (χ0v) is 11.7. The van der Waals surface area contributed by atoms with Crippen LogP contribution in [0.4, 0.5) is 5.82 Å². The summed E-state index contributed by atoms with van der Waals surface area (Å²) >= 11 is 0. The lowest BCUT2D eigenvalue weighted by Crippen LogP contribution is -1.98. The molecule has 5 nitrogen and oxygen atoms in total. The average Bonchev–Trinajstić information content (AvgIpc) is 3.17. The van der Waals surface area contributed by atoms with Crippen LogP contribution in [0.5, 0.6) is 0 Å². The van der Waals surface area contributed by atoms with Crippen LogP contribution in [-0.4, -0.2) is 19.3 Å². The van der Waals surface area contributed by atoms with Crippen LogP contribution in [0.1, 0.15) is 24.6 Å². The Hall–Kier alpha value is -2.30.